The number of carbonyl (C=O) groups excluding carboxylic acids is 1. The third kappa shape index (κ3) is 4.24. The Kier molecular flexibility index (Phi) is 5.88. The maximum absolute atomic E-state index is 12.8. The third-order valence-electron chi connectivity index (χ3n) is 5.14. The van der Waals surface area contributed by atoms with Crippen molar-refractivity contribution in [2.24, 2.45) is 0 Å². The summed E-state index contributed by atoms with van der Waals surface area (Å²) in [4.78, 5) is 29.9. The topological polar surface area (TPSA) is 96.4 Å². The van der Waals surface area contributed by atoms with Gasteiger partial charge in [-0.2, -0.15) is 0 Å². The number of rotatable bonds is 6. The zero-order valence-electron chi connectivity index (χ0n) is 17.5. The van der Waals surface area contributed by atoms with Crippen molar-refractivity contribution in [2.45, 2.75) is 45.7 Å². The lowest BCUT2D eigenvalue weighted by Gasteiger charge is -2.42. The highest BCUT2D eigenvalue weighted by atomic mass is 32.2. The molecule has 2 aromatic rings. The van der Waals surface area contributed by atoms with Crippen molar-refractivity contribution in [1.82, 2.24) is 15.0 Å². The van der Waals surface area contributed by atoms with E-state index in [2.05, 4.69) is 9.97 Å². The van der Waals surface area contributed by atoms with Gasteiger partial charge in [0.05, 0.1) is 11.9 Å². The Balaban J connectivity index is 2.10. The van der Waals surface area contributed by atoms with E-state index in [0.717, 1.165) is 11.1 Å². The van der Waals surface area contributed by atoms with Crippen molar-refractivity contribution in [3.63, 3.8) is 0 Å². The Morgan fingerprint density at radius 1 is 1.24 bits per heavy atom. The molecule has 0 saturated heterocycles. The second-order valence-electron chi connectivity index (χ2n) is 7.64. The number of hydrogen-bond donors (Lipinski definition) is 0. The van der Waals surface area contributed by atoms with Gasteiger partial charge in [0.25, 0.3) is 0 Å². The lowest BCUT2D eigenvalue weighted by Crippen LogP contribution is -2.54. The van der Waals surface area contributed by atoms with Crippen LogP contribution in [0.3, 0.4) is 0 Å². The Morgan fingerprint density at radius 2 is 1.97 bits per heavy atom. The minimum atomic E-state index is -3.10. The van der Waals surface area contributed by atoms with Crippen LogP contribution in [0.2, 0.25) is 0 Å². The van der Waals surface area contributed by atoms with Gasteiger partial charge in [0, 0.05) is 37.3 Å². The number of hydrogen-bond acceptors (Lipinski definition) is 7. The summed E-state index contributed by atoms with van der Waals surface area (Å²) in [5, 5.41) is 0. The van der Waals surface area contributed by atoms with Gasteiger partial charge in [-0.3, -0.25) is 9.78 Å². The standard InChI is InChI=1S/C20H27N5O3S/c1-6-16-20(26)24(4)17-12-22-18(23-19(17)25(16)13(2)3)15-7-9-21-11-14(15)8-10-29(5,27)28/h7,9,11-13,16H,6,8,10H2,1-5H3/t16-/m1/s1. The number of aryl methyl sites for hydroxylation is 1. The van der Waals surface area contributed by atoms with E-state index >= 15 is 0 Å². The number of pyridine rings is 1. The van der Waals surface area contributed by atoms with Crippen molar-refractivity contribution >= 4 is 27.2 Å². The molecule has 0 saturated carbocycles. The molecule has 0 radical (unpaired) electrons. The SMILES string of the molecule is CC[C@@H]1C(=O)N(C)c2cnc(-c3ccncc3CCS(C)(=O)=O)nc2N1C(C)C. The first-order chi connectivity index (χ1) is 13.6. The average molecular weight is 418 g/mol. The van der Waals surface area contributed by atoms with Gasteiger partial charge in [-0.1, -0.05) is 6.92 Å². The van der Waals surface area contributed by atoms with Crippen LogP contribution in [-0.4, -0.2) is 60.4 Å². The van der Waals surface area contributed by atoms with E-state index in [9.17, 15) is 13.2 Å². The molecule has 0 spiro atoms. The van der Waals surface area contributed by atoms with Crippen molar-refractivity contribution in [2.75, 3.05) is 28.9 Å². The predicted octanol–water partition coefficient (Wildman–Crippen LogP) is 2.10. The molecule has 0 fully saturated rings. The summed E-state index contributed by atoms with van der Waals surface area (Å²) in [7, 11) is -1.36. The second-order valence-corrected chi connectivity index (χ2v) is 9.90. The fraction of sp³-hybridized carbons (Fsp3) is 0.500. The minimum absolute atomic E-state index is 0.0304. The lowest BCUT2D eigenvalue weighted by atomic mass is 10.0. The Hall–Kier alpha value is -2.55. The van der Waals surface area contributed by atoms with Gasteiger partial charge in [-0.15, -0.1) is 0 Å². The number of fused-ring (bicyclic) bond motifs is 1. The van der Waals surface area contributed by atoms with Crippen LogP contribution >= 0.6 is 0 Å². The van der Waals surface area contributed by atoms with E-state index in [1.807, 2.05) is 25.7 Å². The van der Waals surface area contributed by atoms with Crippen LogP contribution in [-0.2, 0) is 21.1 Å². The van der Waals surface area contributed by atoms with Crippen LogP contribution in [0.15, 0.2) is 24.7 Å². The van der Waals surface area contributed by atoms with Crippen molar-refractivity contribution < 1.29 is 13.2 Å². The zero-order valence-corrected chi connectivity index (χ0v) is 18.3. The van der Waals surface area contributed by atoms with E-state index < -0.39 is 9.84 Å². The van der Waals surface area contributed by atoms with Gasteiger partial charge in [0.15, 0.2) is 11.6 Å². The Bertz CT molecular complexity index is 1020. The first kappa shape index (κ1) is 21.2. The molecule has 0 aromatic carbocycles. The quantitative estimate of drug-likeness (QED) is 0.710. The number of aromatic nitrogens is 3. The summed E-state index contributed by atoms with van der Waals surface area (Å²) >= 11 is 0. The Morgan fingerprint density at radius 3 is 2.59 bits per heavy atom. The number of anilines is 2. The van der Waals surface area contributed by atoms with Crippen LogP contribution in [0.5, 0.6) is 0 Å². The molecule has 0 unspecified atom stereocenters. The Labute approximate surface area is 171 Å². The van der Waals surface area contributed by atoms with E-state index in [0.29, 0.717) is 30.2 Å². The second kappa shape index (κ2) is 8.06. The third-order valence-corrected chi connectivity index (χ3v) is 6.08. The van der Waals surface area contributed by atoms with Crippen LogP contribution in [0, 0.1) is 0 Å². The fourth-order valence-corrected chi connectivity index (χ4v) is 4.24. The molecule has 29 heavy (non-hydrogen) atoms. The normalized spacial score (nSPS) is 17.0. The molecule has 3 rings (SSSR count). The molecular weight excluding hydrogens is 390 g/mol. The lowest BCUT2D eigenvalue weighted by molar-refractivity contribution is -0.120. The predicted molar refractivity (Wildman–Crippen MR) is 114 cm³/mol. The van der Waals surface area contributed by atoms with Gasteiger partial charge in [0.1, 0.15) is 21.6 Å². The van der Waals surface area contributed by atoms with Crippen LogP contribution in [0.25, 0.3) is 11.4 Å². The highest BCUT2D eigenvalue weighted by Gasteiger charge is 2.38. The average Bonchev–Trinajstić information content (AvgIpc) is 2.67. The molecule has 1 aliphatic heterocycles. The smallest absolute Gasteiger partial charge is 0.249 e. The molecular formula is C20H27N5O3S. The van der Waals surface area contributed by atoms with Gasteiger partial charge in [-0.05, 0) is 38.3 Å². The summed E-state index contributed by atoms with van der Waals surface area (Å²) in [6, 6.07) is 1.60. The van der Waals surface area contributed by atoms with Gasteiger partial charge in [0.2, 0.25) is 5.91 Å². The number of nitrogens with zero attached hydrogens (tertiary/aromatic N) is 5. The monoisotopic (exact) mass is 417 g/mol. The van der Waals surface area contributed by atoms with E-state index in [-0.39, 0.29) is 23.7 Å². The van der Waals surface area contributed by atoms with Gasteiger partial charge < -0.3 is 9.80 Å². The minimum Gasteiger partial charge on any atom is -0.340 e. The summed E-state index contributed by atoms with van der Waals surface area (Å²) in [5.41, 5.74) is 2.20. The summed E-state index contributed by atoms with van der Waals surface area (Å²) in [5.74, 6) is 1.27. The van der Waals surface area contributed by atoms with Crippen LogP contribution < -0.4 is 9.80 Å². The highest BCUT2D eigenvalue weighted by Crippen LogP contribution is 2.37. The molecule has 8 nitrogen and oxygen atoms in total. The van der Waals surface area contributed by atoms with E-state index in [1.54, 1.807) is 36.6 Å². The van der Waals surface area contributed by atoms with Crippen molar-refractivity contribution in [3.8, 4) is 11.4 Å². The first-order valence-corrected chi connectivity index (χ1v) is 11.7. The number of sulfone groups is 1. The maximum atomic E-state index is 12.8. The summed E-state index contributed by atoms with van der Waals surface area (Å²) < 4.78 is 23.2. The molecule has 9 heteroatoms. The van der Waals surface area contributed by atoms with Gasteiger partial charge in [-0.25, -0.2) is 18.4 Å². The molecule has 0 N–H and O–H groups in total. The highest BCUT2D eigenvalue weighted by molar-refractivity contribution is 7.90. The molecule has 2 aromatic heterocycles. The number of carbonyl (C=O) groups is 1. The van der Waals surface area contributed by atoms with Crippen molar-refractivity contribution in [1.29, 1.82) is 0 Å². The molecule has 1 aliphatic rings. The maximum Gasteiger partial charge on any atom is 0.249 e. The fourth-order valence-electron chi connectivity index (χ4n) is 3.65. The molecule has 3 heterocycles. The first-order valence-electron chi connectivity index (χ1n) is 9.68. The molecule has 1 amide bonds. The van der Waals surface area contributed by atoms with Crippen molar-refractivity contribution in [3.05, 3.63) is 30.2 Å². The molecule has 156 valence electrons. The summed E-state index contributed by atoms with van der Waals surface area (Å²) in [6.45, 7) is 6.07. The van der Waals surface area contributed by atoms with Crippen LogP contribution in [0.1, 0.15) is 32.8 Å². The summed E-state index contributed by atoms with van der Waals surface area (Å²) in [6.07, 6.45) is 7.20. The number of amides is 1. The van der Waals surface area contributed by atoms with Crippen LogP contribution in [0.4, 0.5) is 11.5 Å². The molecule has 0 aliphatic carbocycles. The zero-order chi connectivity index (χ0) is 21.3. The van der Waals surface area contributed by atoms with Gasteiger partial charge >= 0.3 is 0 Å². The largest absolute Gasteiger partial charge is 0.340 e. The van der Waals surface area contributed by atoms with E-state index in [4.69, 9.17) is 4.98 Å². The molecule has 0 bridgehead atoms. The number of likely N-dealkylation sites (N-methyl/N-ethyl adjacent to an activating group) is 1. The van der Waals surface area contributed by atoms with E-state index in [1.165, 1.54) is 6.26 Å². The molecule has 1 atom stereocenters.